The Hall–Kier alpha value is -2.88. The molecule has 1 saturated carbocycles. The SMILES string of the molecule is Cc1ccc(C2OC34CCCCC3C(C#N)(C(=N)O4)C2(C#N)C#N)c(C)c1. The lowest BCUT2D eigenvalue weighted by Gasteiger charge is -2.51. The Labute approximate surface area is 158 Å². The van der Waals surface area contributed by atoms with Crippen molar-refractivity contribution in [3.63, 3.8) is 0 Å². The molecule has 0 aromatic heterocycles. The summed E-state index contributed by atoms with van der Waals surface area (Å²) in [5.74, 6) is -1.89. The number of hydrogen-bond donors (Lipinski definition) is 1. The predicted molar refractivity (Wildman–Crippen MR) is 94.9 cm³/mol. The molecule has 0 spiro atoms. The molecule has 3 aliphatic rings. The van der Waals surface area contributed by atoms with Crippen LogP contribution in [0.1, 0.15) is 48.5 Å². The number of nitrogens with one attached hydrogen (secondary N) is 1. The summed E-state index contributed by atoms with van der Waals surface area (Å²) < 4.78 is 12.3. The van der Waals surface area contributed by atoms with Crippen LogP contribution in [0, 0.1) is 70.0 Å². The first kappa shape index (κ1) is 17.5. The molecule has 6 nitrogen and oxygen atoms in total. The normalized spacial score (nSPS) is 35.9. The van der Waals surface area contributed by atoms with Gasteiger partial charge in [-0.15, -0.1) is 0 Å². The maximum Gasteiger partial charge on any atom is 0.217 e. The number of aryl methyl sites for hydroxylation is 2. The zero-order valence-corrected chi connectivity index (χ0v) is 15.4. The topological polar surface area (TPSA) is 114 Å². The van der Waals surface area contributed by atoms with Gasteiger partial charge in [0.05, 0.1) is 24.1 Å². The van der Waals surface area contributed by atoms with Gasteiger partial charge in [0.25, 0.3) is 0 Å². The second kappa shape index (κ2) is 5.56. The number of benzene rings is 1. The van der Waals surface area contributed by atoms with E-state index in [0.717, 1.165) is 24.0 Å². The number of rotatable bonds is 1. The molecular weight excluding hydrogens is 340 g/mol. The van der Waals surface area contributed by atoms with Crippen LogP contribution in [0.5, 0.6) is 0 Å². The first-order valence-corrected chi connectivity index (χ1v) is 9.17. The third-order valence-electron chi connectivity index (χ3n) is 6.52. The van der Waals surface area contributed by atoms with E-state index >= 15 is 0 Å². The van der Waals surface area contributed by atoms with Gasteiger partial charge >= 0.3 is 0 Å². The third-order valence-corrected chi connectivity index (χ3v) is 6.52. The quantitative estimate of drug-likeness (QED) is 0.818. The summed E-state index contributed by atoms with van der Waals surface area (Å²) in [6.07, 6.45) is 1.91. The lowest BCUT2D eigenvalue weighted by Crippen LogP contribution is -2.60. The predicted octanol–water partition coefficient (Wildman–Crippen LogP) is 3.81. The molecule has 2 bridgehead atoms. The lowest BCUT2D eigenvalue weighted by molar-refractivity contribution is -0.294. The van der Waals surface area contributed by atoms with E-state index in [0.29, 0.717) is 18.4 Å². The van der Waals surface area contributed by atoms with Gasteiger partial charge in [-0.2, -0.15) is 15.8 Å². The molecule has 27 heavy (non-hydrogen) atoms. The molecule has 4 rings (SSSR count). The zero-order valence-electron chi connectivity index (χ0n) is 15.4. The fourth-order valence-corrected chi connectivity index (χ4v) is 5.26. The highest BCUT2D eigenvalue weighted by molar-refractivity contribution is 5.89. The highest BCUT2D eigenvalue weighted by Crippen LogP contribution is 2.69. The summed E-state index contributed by atoms with van der Waals surface area (Å²) >= 11 is 0. The van der Waals surface area contributed by atoms with Gasteiger partial charge in [-0.3, -0.25) is 5.41 Å². The van der Waals surface area contributed by atoms with E-state index in [2.05, 4.69) is 18.2 Å². The minimum Gasteiger partial charge on any atom is -0.447 e. The standard InChI is InChI=1S/C21H20N4O2/c1-13-6-7-15(14(2)9-13)17-19(10-22,11-23)20(12-24)16-5-3-4-8-21(16,26-17)27-18(20)25/h6-7,9,16-17,25H,3-5,8H2,1-2H3. The number of ether oxygens (including phenoxy) is 2. The first-order valence-electron chi connectivity index (χ1n) is 9.17. The van der Waals surface area contributed by atoms with Crippen molar-refractivity contribution in [1.82, 2.24) is 0 Å². The molecule has 6 heteroatoms. The summed E-state index contributed by atoms with van der Waals surface area (Å²) in [5.41, 5.74) is -0.829. The first-order chi connectivity index (χ1) is 12.9. The van der Waals surface area contributed by atoms with E-state index in [-0.39, 0.29) is 5.90 Å². The highest BCUT2D eigenvalue weighted by Gasteiger charge is 2.80. The van der Waals surface area contributed by atoms with E-state index in [1.54, 1.807) is 0 Å². The maximum absolute atomic E-state index is 10.2. The van der Waals surface area contributed by atoms with Crippen LogP contribution in [-0.4, -0.2) is 11.7 Å². The Morgan fingerprint density at radius 2 is 1.85 bits per heavy atom. The molecule has 1 aromatic rings. The monoisotopic (exact) mass is 360 g/mol. The van der Waals surface area contributed by atoms with E-state index in [1.807, 2.05) is 32.0 Å². The average molecular weight is 360 g/mol. The minimum atomic E-state index is -1.85. The maximum atomic E-state index is 10.2. The molecule has 2 aliphatic heterocycles. The lowest BCUT2D eigenvalue weighted by atomic mass is 9.51. The fourth-order valence-electron chi connectivity index (χ4n) is 5.26. The van der Waals surface area contributed by atoms with Crippen LogP contribution in [0.3, 0.4) is 0 Å². The van der Waals surface area contributed by atoms with E-state index in [9.17, 15) is 15.8 Å². The molecule has 0 radical (unpaired) electrons. The Bertz CT molecular complexity index is 952. The molecule has 2 saturated heterocycles. The summed E-state index contributed by atoms with van der Waals surface area (Å²) in [6.45, 7) is 3.87. The molecule has 136 valence electrons. The van der Waals surface area contributed by atoms with Crippen molar-refractivity contribution >= 4 is 5.90 Å². The summed E-state index contributed by atoms with van der Waals surface area (Å²) in [5, 5.41) is 39.1. The van der Waals surface area contributed by atoms with Gasteiger partial charge in [-0.05, 0) is 37.8 Å². The molecule has 2 heterocycles. The summed E-state index contributed by atoms with van der Waals surface area (Å²) in [6, 6.07) is 12.1. The van der Waals surface area contributed by atoms with Crippen molar-refractivity contribution < 1.29 is 9.47 Å². The van der Waals surface area contributed by atoms with Crippen LogP contribution in [-0.2, 0) is 9.47 Å². The van der Waals surface area contributed by atoms with Gasteiger partial charge in [-0.25, -0.2) is 0 Å². The smallest absolute Gasteiger partial charge is 0.217 e. The summed E-state index contributed by atoms with van der Waals surface area (Å²) in [4.78, 5) is 0. The van der Waals surface area contributed by atoms with Crippen LogP contribution < -0.4 is 0 Å². The van der Waals surface area contributed by atoms with Crippen LogP contribution >= 0.6 is 0 Å². The van der Waals surface area contributed by atoms with E-state index < -0.39 is 28.6 Å². The average Bonchev–Trinajstić information content (AvgIpc) is 2.87. The van der Waals surface area contributed by atoms with Crippen LogP contribution in [0.25, 0.3) is 0 Å². The van der Waals surface area contributed by atoms with Gasteiger partial charge in [-0.1, -0.05) is 30.2 Å². The summed E-state index contributed by atoms with van der Waals surface area (Å²) in [7, 11) is 0. The zero-order chi connectivity index (χ0) is 19.4. The van der Waals surface area contributed by atoms with Gasteiger partial charge < -0.3 is 9.47 Å². The third kappa shape index (κ3) is 1.88. The number of hydrogen-bond acceptors (Lipinski definition) is 6. The van der Waals surface area contributed by atoms with Crippen molar-refractivity contribution in [2.45, 2.75) is 51.4 Å². The Morgan fingerprint density at radius 1 is 1.11 bits per heavy atom. The second-order valence-corrected chi connectivity index (χ2v) is 7.85. The molecule has 3 fully saturated rings. The Kier molecular flexibility index (Phi) is 3.61. The molecular formula is C21H20N4O2. The van der Waals surface area contributed by atoms with Crippen molar-refractivity contribution in [2.75, 3.05) is 0 Å². The van der Waals surface area contributed by atoms with Gasteiger partial charge in [0.2, 0.25) is 17.1 Å². The molecule has 1 N–H and O–H groups in total. The van der Waals surface area contributed by atoms with Crippen molar-refractivity contribution in [2.24, 2.45) is 16.7 Å². The van der Waals surface area contributed by atoms with Crippen LogP contribution in [0.15, 0.2) is 18.2 Å². The molecule has 1 aliphatic carbocycles. The van der Waals surface area contributed by atoms with Gasteiger partial charge in [0, 0.05) is 6.42 Å². The van der Waals surface area contributed by atoms with Gasteiger partial charge in [0.1, 0.15) is 6.10 Å². The van der Waals surface area contributed by atoms with Gasteiger partial charge in [0.15, 0.2) is 5.41 Å². The number of nitrogens with zero attached hydrogens (tertiary/aromatic N) is 3. The molecule has 4 unspecified atom stereocenters. The van der Waals surface area contributed by atoms with Crippen molar-refractivity contribution in [3.8, 4) is 18.2 Å². The Morgan fingerprint density at radius 3 is 2.48 bits per heavy atom. The molecule has 0 amide bonds. The van der Waals surface area contributed by atoms with Crippen LogP contribution in [0.2, 0.25) is 0 Å². The largest absolute Gasteiger partial charge is 0.447 e. The Balaban J connectivity index is 2.02. The highest BCUT2D eigenvalue weighted by atomic mass is 16.7. The van der Waals surface area contributed by atoms with E-state index in [4.69, 9.17) is 14.9 Å². The minimum absolute atomic E-state index is 0.299. The fraction of sp³-hybridized carbons (Fsp3) is 0.524. The van der Waals surface area contributed by atoms with Crippen molar-refractivity contribution in [3.05, 3.63) is 34.9 Å². The van der Waals surface area contributed by atoms with Crippen molar-refractivity contribution in [1.29, 1.82) is 21.2 Å². The van der Waals surface area contributed by atoms with Crippen LogP contribution in [0.4, 0.5) is 0 Å². The second-order valence-electron chi connectivity index (χ2n) is 7.85. The number of nitriles is 3. The van der Waals surface area contributed by atoms with E-state index in [1.165, 1.54) is 0 Å². The molecule has 4 atom stereocenters. The molecule has 1 aromatic carbocycles.